The summed E-state index contributed by atoms with van der Waals surface area (Å²) in [6, 6.07) is 7.23. The summed E-state index contributed by atoms with van der Waals surface area (Å²) in [4.78, 5) is 8.01. The molecule has 0 unspecified atom stereocenters. The van der Waals surface area contributed by atoms with Crippen molar-refractivity contribution < 1.29 is 9.47 Å². The summed E-state index contributed by atoms with van der Waals surface area (Å²) < 4.78 is 10.4. The summed E-state index contributed by atoms with van der Waals surface area (Å²) in [5.74, 6) is 1.84. The number of aromatic nitrogens is 2. The van der Waals surface area contributed by atoms with Crippen LogP contribution in [-0.4, -0.2) is 24.2 Å². The number of hydrogen-bond donors (Lipinski definition) is 1. The van der Waals surface area contributed by atoms with Gasteiger partial charge in [-0.3, -0.25) is 0 Å². The summed E-state index contributed by atoms with van der Waals surface area (Å²) in [5.41, 5.74) is 7.23. The number of rotatable bonds is 3. The topological polar surface area (TPSA) is 70.3 Å². The zero-order chi connectivity index (χ0) is 12.3. The molecule has 1 heterocycles. The molecule has 0 bridgehead atoms. The van der Waals surface area contributed by atoms with Crippen LogP contribution in [0.4, 0.5) is 5.82 Å². The molecule has 5 nitrogen and oxygen atoms in total. The second-order valence-corrected chi connectivity index (χ2v) is 3.43. The second-order valence-electron chi connectivity index (χ2n) is 3.43. The van der Waals surface area contributed by atoms with Crippen molar-refractivity contribution in [2.24, 2.45) is 0 Å². The molecule has 0 aliphatic heterocycles. The Morgan fingerprint density at radius 3 is 2.12 bits per heavy atom. The predicted molar refractivity (Wildman–Crippen MR) is 65.0 cm³/mol. The highest BCUT2D eigenvalue weighted by atomic mass is 16.5. The monoisotopic (exact) mass is 231 g/mol. The van der Waals surface area contributed by atoms with Crippen LogP contribution in [0.25, 0.3) is 11.3 Å². The Morgan fingerprint density at radius 2 is 1.59 bits per heavy atom. The first kappa shape index (κ1) is 11.2. The van der Waals surface area contributed by atoms with Gasteiger partial charge in [0.15, 0.2) is 0 Å². The third kappa shape index (κ3) is 2.44. The van der Waals surface area contributed by atoms with Crippen LogP contribution in [0.1, 0.15) is 0 Å². The number of methoxy groups -OCH3 is 2. The molecule has 2 aromatic rings. The minimum Gasteiger partial charge on any atom is -0.497 e. The zero-order valence-corrected chi connectivity index (χ0v) is 9.68. The largest absolute Gasteiger partial charge is 0.497 e. The van der Waals surface area contributed by atoms with Gasteiger partial charge >= 0.3 is 0 Å². The van der Waals surface area contributed by atoms with E-state index in [9.17, 15) is 0 Å². The second kappa shape index (κ2) is 4.69. The Labute approximate surface area is 99.2 Å². The number of nitrogens with two attached hydrogens (primary N) is 1. The van der Waals surface area contributed by atoms with Crippen molar-refractivity contribution in [3.8, 4) is 22.8 Å². The minimum absolute atomic E-state index is 0.428. The van der Waals surface area contributed by atoms with E-state index in [1.54, 1.807) is 26.4 Å². The van der Waals surface area contributed by atoms with Gasteiger partial charge in [0.1, 0.15) is 23.6 Å². The Morgan fingerprint density at radius 1 is 0.941 bits per heavy atom. The van der Waals surface area contributed by atoms with E-state index in [0.717, 1.165) is 11.3 Å². The molecule has 5 heteroatoms. The van der Waals surface area contributed by atoms with E-state index in [4.69, 9.17) is 15.2 Å². The maximum absolute atomic E-state index is 5.62. The zero-order valence-electron chi connectivity index (χ0n) is 9.68. The maximum atomic E-state index is 5.62. The molecule has 0 spiro atoms. The summed E-state index contributed by atoms with van der Waals surface area (Å²) in [7, 11) is 3.21. The first-order valence-electron chi connectivity index (χ1n) is 5.04. The lowest BCUT2D eigenvalue weighted by Crippen LogP contribution is -1.94. The quantitative estimate of drug-likeness (QED) is 0.871. The molecule has 17 heavy (non-hydrogen) atoms. The van der Waals surface area contributed by atoms with E-state index in [2.05, 4.69) is 9.97 Å². The van der Waals surface area contributed by atoms with Gasteiger partial charge in [-0.25, -0.2) is 9.97 Å². The third-order valence-electron chi connectivity index (χ3n) is 2.34. The minimum atomic E-state index is 0.428. The van der Waals surface area contributed by atoms with E-state index in [1.807, 2.05) is 12.1 Å². The fourth-order valence-electron chi connectivity index (χ4n) is 1.49. The summed E-state index contributed by atoms with van der Waals surface area (Å²) in [5, 5.41) is 0. The van der Waals surface area contributed by atoms with Crippen LogP contribution < -0.4 is 15.2 Å². The molecule has 0 radical (unpaired) electrons. The highest BCUT2D eigenvalue weighted by molar-refractivity contribution is 5.65. The molecule has 0 aliphatic carbocycles. The van der Waals surface area contributed by atoms with Crippen molar-refractivity contribution in [1.29, 1.82) is 0 Å². The Kier molecular flexibility index (Phi) is 3.09. The van der Waals surface area contributed by atoms with Gasteiger partial charge in [0, 0.05) is 17.7 Å². The lowest BCUT2D eigenvalue weighted by molar-refractivity contribution is 0.394. The molecule has 1 aromatic heterocycles. The summed E-state index contributed by atoms with van der Waals surface area (Å²) in [6.45, 7) is 0. The Hall–Kier alpha value is -2.30. The summed E-state index contributed by atoms with van der Waals surface area (Å²) in [6.07, 6.45) is 1.43. The van der Waals surface area contributed by atoms with Crippen LogP contribution in [0, 0.1) is 0 Å². The standard InChI is InChI=1S/C12H13N3O2/c1-16-9-3-8(4-10(5-9)17-2)11-6-12(13)15-7-14-11/h3-7H,1-2H3,(H2,13,14,15). The average Bonchev–Trinajstić information content (AvgIpc) is 2.38. The number of nitrogen functional groups attached to an aromatic ring is 1. The van der Waals surface area contributed by atoms with Crippen LogP contribution in [0.3, 0.4) is 0 Å². The lowest BCUT2D eigenvalue weighted by Gasteiger charge is -2.08. The molecule has 0 atom stereocenters. The highest BCUT2D eigenvalue weighted by Gasteiger charge is 2.05. The van der Waals surface area contributed by atoms with Gasteiger partial charge in [-0.1, -0.05) is 0 Å². The number of hydrogen-bond acceptors (Lipinski definition) is 5. The molecule has 0 aliphatic rings. The normalized spacial score (nSPS) is 10.0. The lowest BCUT2D eigenvalue weighted by atomic mass is 10.1. The van der Waals surface area contributed by atoms with Crippen LogP contribution in [0.15, 0.2) is 30.6 Å². The Bertz CT molecular complexity index is 507. The SMILES string of the molecule is COc1cc(OC)cc(-c2cc(N)ncn2)c1. The van der Waals surface area contributed by atoms with E-state index >= 15 is 0 Å². The molecule has 0 fully saturated rings. The van der Waals surface area contributed by atoms with E-state index in [1.165, 1.54) is 6.33 Å². The third-order valence-corrected chi connectivity index (χ3v) is 2.34. The van der Waals surface area contributed by atoms with Gasteiger partial charge in [0.25, 0.3) is 0 Å². The fourth-order valence-corrected chi connectivity index (χ4v) is 1.49. The van der Waals surface area contributed by atoms with Gasteiger partial charge in [0.05, 0.1) is 19.9 Å². The number of anilines is 1. The van der Waals surface area contributed by atoms with Gasteiger partial charge in [0.2, 0.25) is 0 Å². The summed E-state index contributed by atoms with van der Waals surface area (Å²) >= 11 is 0. The number of ether oxygens (including phenoxy) is 2. The van der Waals surface area contributed by atoms with Crippen molar-refractivity contribution in [3.63, 3.8) is 0 Å². The molecular formula is C12H13N3O2. The van der Waals surface area contributed by atoms with Crippen LogP contribution in [-0.2, 0) is 0 Å². The van der Waals surface area contributed by atoms with E-state index in [0.29, 0.717) is 17.3 Å². The molecule has 0 saturated heterocycles. The Balaban J connectivity index is 2.50. The molecule has 2 rings (SSSR count). The highest BCUT2D eigenvalue weighted by Crippen LogP contribution is 2.28. The molecular weight excluding hydrogens is 218 g/mol. The van der Waals surface area contributed by atoms with Crippen molar-refractivity contribution in [3.05, 3.63) is 30.6 Å². The van der Waals surface area contributed by atoms with Crippen LogP contribution >= 0.6 is 0 Å². The van der Waals surface area contributed by atoms with Crippen molar-refractivity contribution in [2.45, 2.75) is 0 Å². The van der Waals surface area contributed by atoms with Gasteiger partial charge in [-0.15, -0.1) is 0 Å². The van der Waals surface area contributed by atoms with Crippen molar-refractivity contribution in [2.75, 3.05) is 20.0 Å². The molecule has 0 amide bonds. The first-order valence-corrected chi connectivity index (χ1v) is 5.04. The predicted octanol–water partition coefficient (Wildman–Crippen LogP) is 1.74. The van der Waals surface area contributed by atoms with Gasteiger partial charge in [-0.2, -0.15) is 0 Å². The smallest absolute Gasteiger partial charge is 0.127 e. The van der Waals surface area contributed by atoms with E-state index < -0.39 is 0 Å². The van der Waals surface area contributed by atoms with Gasteiger partial charge < -0.3 is 15.2 Å². The first-order chi connectivity index (χ1) is 8.22. The van der Waals surface area contributed by atoms with E-state index in [-0.39, 0.29) is 0 Å². The van der Waals surface area contributed by atoms with Crippen molar-refractivity contribution >= 4 is 5.82 Å². The van der Waals surface area contributed by atoms with Crippen LogP contribution in [0.2, 0.25) is 0 Å². The molecule has 2 N–H and O–H groups in total. The van der Waals surface area contributed by atoms with Gasteiger partial charge in [-0.05, 0) is 12.1 Å². The fraction of sp³-hybridized carbons (Fsp3) is 0.167. The maximum Gasteiger partial charge on any atom is 0.127 e. The molecule has 88 valence electrons. The molecule has 0 saturated carbocycles. The average molecular weight is 231 g/mol. The number of benzene rings is 1. The number of nitrogens with zero attached hydrogens (tertiary/aromatic N) is 2. The van der Waals surface area contributed by atoms with Crippen molar-refractivity contribution in [1.82, 2.24) is 9.97 Å². The van der Waals surface area contributed by atoms with Crippen LogP contribution in [0.5, 0.6) is 11.5 Å². The molecule has 1 aromatic carbocycles.